The zero-order chi connectivity index (χ0) is 10.8. The lowest BCUT2D eigenvalue weighted by Gasteiger charge is -2.37. The number of piperidine rings is 1. The highest BCUT2D eigenvalue weighted by atomic mass is 16.2. The summed E-state index contributed by atoms with van der Waals surface area (Å²) in [6.07, 6.45) is 8.21. The summed E-state index contributed by atoms with van der Waals surface area (Å²) in [5.74, 6) is 1.04. The predicted octanol–water partition coefficient (Wildman–Crippen LogP) is 2.74. The van der Waals surface area contributed by atoms with Gasteiger partial charge in [0.25, 0.3) is 0 Å². The van der Waals surface area contributed by atoms with Crippen LogP contribution in [-0.2, 0) is 4.79 Å². The van der Waals surface area contributed by atoms with Gasteiger partial charge in [0.2, 0.25) is 5.91 Å². The van der Waals surface area contributed by atoms with E-state index in [0.29, 0.717) is 6.04 Å². The minimum absolute atomic E-state index is 0.242. The van der Waals surface area contributed by atoms with Crippen LogP contribution in [-0.4, -0.2) is 23.4 Å². The van der Waals surface area contributed by atoms with Gasteiger partial charge in [0.05, 0.1) is 0 Å². The van der Waals surface area contributed by atoms with Crippen LogP contribution in [0.4, 0.5) is 0 Å². The fraction of sp³-hybridized carbons (Fsp3) is 0.769. The number of likely N-dealkylation sites (tertiary alicyclic amines) is 1. The van der Waals surface area contributed by atoms with Gasteiger partial charge in [-0.2, -0.15) is 0 Å². The van der Waals surface area contributed by atoms with Crippen LogP contribution in [0.2, 0.25) is 0 Å². The molecule has 0 bridgehead atoms. The molecule has 1 heterocycles. The Morgan fingerprint density at radius 1 is 1.20 bits per heavy atom. The van der Waals surface area contributed by atoms with Crippen molar-refractivity contribution in [2.45, 2.75) is 52.0 Å². The van der Waals surface area contributed by atoms with Gasteiger partial charge in [-0.25, -0.2) is 0 Å². The molecule has 15 heavy (non-hydrogen) atoms. The molecule has 2 rings (SSSR count). The van der Waals surface area contributed by atoms with E-state index in [1.54, 1.807) is 6.08 Å². The number of rotatable bonds is 1. The standard InChI is InChI=1S/C13H21NO/c1-10(2)9-13(15)14-8-4-6-11-5-3-7-12(11)14/h9,11-12H,3-8H2,1-2H3. The van der Waals surface area contributed by atoms with E-state index in [1.807, 2.05) is 13.8 Å². The summed E-state index contributed by atoms with van der Waals surface area (Å²) in [5.41, 5.74) is 1.11. The maximum absolute atomic E-state index is 12.0. The summed E-state index contributed by atoms with van der Waals surface area (Å²) in [7, 11) is 0. The number of hydrogen-bond donors (Lipinski definition) is 0. The van der Waals surface area contributed by atoms with Crippen LogP contribution in [0.5, 0.6) is 0 Å². The molecule has 1 saturated heterocycles. The second-order valence-corrected chi connectivity index (χ2v) is 5.15. The highest BCUT2D eigenvalue weighted by Gasteiger charge is 2.36. The zero-order valence-corrected chi connectivity index (χ0v) is 9.83. The van der Waals surface area contributed by atoms with Gasteiger partial charge in [-0.3, -0.25) is 4.79 Å². The number of amides is 1. The summed E-state index contributed by atoms with van der Waals surface area (Å²) >= 11 is 0. The van der Waals surface area contributed by atoms with Crippen molar-refractivity contribution in [3.05, 3.63) is 11.6 Å². The summed E-state index contributed by atoms with van der Waals surface area (Å²) < 4.78 is 0. The number of carbonyl (C=O) groups excluding carboxylic acids is 1. The largest absolute Gasteiger partial charge is 0.336 e. The van der Waals surface area contributed by atoms with Crippen molar-refractivity contribution in [2.24, 2.45) is 5.92 Å². The van der Waals surface area contributed by atoms with Crippen LogP contribution >= 0.6 is 0 Å². The number of fused-ring (bicyclic) bond motifs is 1. The van der Waals surface area contributed by atoms with Crippen LogP contribution in [0.3, 0.4) is 0 Å². The van der Waals surface area contributed by atoms with Crippen molar-refractivity contribution >= 4 is 5.91 Å². The van der Waals surface area contributed by atoms with Crippen molar-refractivity contribution < 1.29 is 4.79 Å². The second kappa shape index (κ2) is 4.38. The van der Waals surface area contributed by atoms with E-state index < -0.39 is 0 Å². The maximum atomic E-state index is 12.0. The Labute approximate surface area is 92.3 Å². The van der Waals surface area contributed by atoms with Gasteiger partial charge < -0.3 is 4.90 Å². The van der Waals surface area contributed by atoms with Crippen molar-refractivity contribution in [2.75, 3.05) is 6.54 Å². The third-order valence-electron chi connectivity index (χ3n) is 3.69. The van der Waals surface area contributed by atoms with E-state index in [9.17, 15) is 4.79 Å². The Bertz CT molecular complexity index is 278. The summed E-state index contributed by atoms with van der Waals surface area (Å²) in [4.78, 5) is 14.1. The number of allylic oxidation sites excluding steroid dienone is 1. The van der Waals surface area contributed by atoms with Gasteiger partial charge in [0.15, 0.2) is 0 Å². The number of carbonyl (C=O) groups is 1. The molecule has 2 heteroatoms. The average Bonchev–Trinajstić information content (AvgIpc) is 2.63. The van der Waals surface area contributed by atoms with Crippen LogP contribution < -0.4 is 0 Å². The molecular weight excluding hydrogens is 186 g/mol. The summed E-state index contributed by atoms with van der Waals surface area (Å²) in [6.45, 7) is 4.96. The molecule has 1 aliphatic heterocycles. The molecule has 1 amide bonds. The fourth-order valence-electron chi connectivity index (χ4n) is 3.06. The van der Waals surface area contributed by atoms with Crippen molar-refractivity contribution in [3.63, 3.8) is 0 Å². The van der Waals surface area contributed by atoms with Crippen molar-refractivity contribution in [1.29, 1.82) is 0 Å². The minimum Gasteiger partial charge on any atom is -0.336 e. The molecule has 1 saturated carbocycles. The highest BCUT2D eigenvalue weighted by Crippen LogP contribution is 2.36. The van der Waals surface area contributed by atoms with Crippen LogP contribution in [0.1, 0.15) is 46.0 Å². The molecular formula is C13H21NO. The third kappa shape index (κ3) is 2.24. The first-order valence-corrected chi connectivity index (χ1v) is 6.14. The maximum Gasteiger partial charge on any atom is 0.246 e. The molecule has 2 aliphatic rings. The van der Waals surface area contributed by atoms with Crippen LogP contribution in [0, 0.1) is 5.92 Å². The number of hydrogen-bond acceptors (Lipinski definition) is 1. The summed E-state index contributed by atoms with van der Waals surface area (Å²) in [6, 6.07) is 0.557. The lowest BCUT2D eigenvalue weighted by atomic mass is 9.92. The first-order chi connectivity index (χ1) is 7.18. The van der Waals surface area contributed by atoms with E-state index in [0.717, 1.165) is 18.0 Å². The van der Waals surface area contributed by atoms with Gasteiger partial charge in [-0.15, -0.1) is 0 Å². The molecule has 2 unspecified atom stereocenters. The SMILES string of the molecule is CC(C)=CC(=O)N1CCCC2CCCC21. The Kier molecular flexibility index (Phi) is 3.13. The predicted molar refractivity (Wildman–Crippen MR) is 61.5 cm³/mol. The molecule has 0 spiro atoms. The highest BCUT2D eigenvalue weighted by molar-refractivity contribution is 5.88. The third-order valence-corrected chi connectivity index (χ3v) is 3.69. The Hall–Kier alpha value is -0.790. The molecule has 0 aromatic heterocycles. The molecule has 0 radical (unpaired) electrons. The van der Waals surface area contributed by atoms with Gasteiger partial charge >= 0.3 is 0 Å². The number of nitrogens with zero attached hydrogens (tertiary/aromatic N) is 1. The Morgan fingerprint density at radius 3 is 2.67 bits per heavy atom. The quantitative estimate of drug-likeness (QED) is 0.605. The lowest BCUT2D eigenvalue weighted by Crippen LogP contribution is -2.45. The molecule has 0 aromatic rings. The van der Waals surface area contributed by atoms with E-state index in [1.165, 1.54) is 32.1 Å². The zero-order valence-electron chi connectivity index (χ0n) is 9.83. The van der Waals surface area contributed by atoms with E-state index in [2.05, 4.69) is 4.90 Å². The van der Waals surface area contributed by atoms with Crippen LogP contribution in [0.25, 0.3) is 0 Å². The molecule has 1 aliphatic carbocycles. The van der Waals surface area contributed by atoms with Crippen molar-refractivity contribution in [1.82, 2.24) is 4.90 Å². The van der Waals surface area contributed by atoms with Crippen molar-refractivity contribution in [3.8, 4) is 0 Å². The molecule has 2 nitrogen and oxygen atoms in total. The molecule has 2 fully saturated rings. The Balaban J connectivity index is 2.07. The van der Waals surface area contributed by atoms with Gasteiger partial charge in [-0.05, 0) is 45.4 Å². The normalized spacial score (nSPS) is 29.9. The minimum atomic E-state index is 0.242. The molecule has 0 aromatic carbocycles. The average molecular weight is 207 g/mol. The van der Waals surface area contributed by atoms with Gasteiger partial charge in [0.1, 0.15) is 0 Å². The first kappa shape index (κ1) is 10.7. The fourth-order valence-corrected chi connectivity index (χ4v) is 3.06. The van der Waals surface area contributed by atoms with Gasteiger partial charge in [0, 0.05) is 18.7 Å². The lowest BCUT2D eigenvalue weighted by molar-refractivity contribution is -0.130. The van der Waals surface area contributed by atoms with E-state index in [4.69, 9.17) is 0 Å². The molecule has 84 valence electrons. The monoisotopic (exact) mass is 207 g/mol. The first-order valence-electron chi connectivity index (χ1n) is 6.14. The van der Waals surface area contributed by atoms with E-state index >= 15 is 0 Å². The smallest absolute Gasteiger partial charge is 0.246 e. The molecule has 2 atom stereocenters. The van der Waals surface area contributed by atoms with Gasteiger partial charge in [-0.1, -0.05) is 12.0 Å². The van der Waals surface area contributed by atoms with E-state index in [-0.39, 0.29) is 5.91 Å². The topological polar surface area (TPSA) is 20.3 Å². The van der Waals surface area contributed by atoms with Crippen LogP contribution in [0.15, 0.2) is 11.6 Å². The Morgan fingerprint density at radius 2 is 1.93 bits per heavy atom. The molecule has 0 N–H and O–H groups in total. The summed E-state index contributed by atoms with van der Waals surface area (Å²) in [5, 5.41) is 0. The second-order valence-electron chi connectivity index (χ2n) is 5.15.